The Labute approximate surface area is 304 Å². The molecule has 3 saturated heterocycles. The van der Waals surface area contributed by atoms with Crippen LogP contribution in [0.5, 0.6) is 6.01 Å². The van der Waals surface area contributed by atoms with E-state index in [4.69, 9.17) is 21.6 Å². The second kappa shape index (κ2) is 17.5. The number of likely N-dealkylation sites (tertiary alicyclic amines) is 1. The van der Waals surface area contributed by atoms with E-state index in [1.165, 1.54) is 14.0 Å². The fourth-order valence-electron chi connectivity index (χ4n) is 6.87. The highest BCUT2D eigenvalue weighted by Gasteiger charge is 2.32. The zero-order valence-corrected chi connectivity index (χ0v) is 31.0. The molecule has 3 aromatic rings. The third-order valence-electron chi connectivity index (χ3n) is 9.91. The molecule has 1 saturated carbocycles. The summed E-state index contributed by atoms with van der Waals surface area (Å²) in [6, 6.07) is 8.63. The number of carbonyl (C=O) groups is 1. The second-order valence-electron chi connectivity index (χ2n) is 13.6. The molecule has 0 bridgehead atoms. The molecule has 4 aliphatic rings. The van der Waals surface area contributed by atoms with Crippen LogP contribution in [-0.4, -0.2) is 101 Å². The van der Waals surface area contributed by atoms with Crippen LogP contribution in [0.3, 0.4) is 0 Å². The van der Waals surface area contributed by atoms with Crippen molar-refractivity contribution in [2.75, 3.05) is 51.3 Å². The lowest BCUT2D eigenvalue weighted by Crippen LogP contribution is -2.51. The highest BCUT2D eigenvalue weighted by atomic mass is 35.5. The molecule has 3 atom stereocenters. The van der Waals surface area contributed by atoms with Crippen molar-refractivity contribution in [2.24, 2.45) is 0 Å². The molecule has 3 unspecified atom stereocenters. The fraction of sp³-hybridized carbons (Fsp3) is 0.553. The first-order valence-electron chi connectivity index (χ1n) is 17.9. The number of nitrogens with zero attached hydrogens (tertiary/aromatic N) is 7. The van der Waals surface area contributed by atoms with Crippen molar-refractivity contribution < 1.29 is 18.3 Å². The number of fused-ring (bicyclic) bond motifs is 1. The van der Waals surface area contributed by atoms with Crippen molar-refractivity contribution in [3.8, 4) is 23.3 Å². The number of nitrogens with one attached hydrogen (secondary N) is 1. The predicted molar refractivity (Wildman–Crippen MR) is 197 cm³/mol. The summed E-state index contributed by atoms with van der Waals surface area (Å²) in [5.74, 6) is 0.380. The number of benzene rings is 1. The molecule has 1 amide bonds. The molecular formula is C38H49ClF2N8O2. The van der Waals surface area contributed by atoms with Crippen molar-refractivity contribution in [3.63, 3.8) is 0 Å². The highest BCUT2D eigenvalue weighted by Crippen LogP contribution is 2.48. The summed E-state index contributed by atoms with van der Waals surface area (Å²) in [5.41, 5.74) is 2.03. The lowest BCUT2D eigenvalue weighted by Gasteiger charge is -2.42. The van der Waals surface area contributed by atoms with Crippen LogP contribution in [0.25, 0.3) is 22.2 Å². The summed E-state index contributed by atoms with van der Waals surface area (Å²) < 4.78 is 33.8. The quantitative estimate of drug-likeness (QED) is 0.255. The predicted octanol–water partition coefficient (Wildman–Crippen LogP) is 6.68. The van der Waals surface area contributed by atoms with Crippen molar-refractivity contribution in [3.05, 3.63) is 53.0 Å². The SMILES string of the molecule is CC#N.CCC1CC(F)CN1.COc1nc(N2CCN(C(=O)/C=C/C3CCN3C(C)C)CC2)c2cnc(-c3cccc(Cl)c3C3CC3)c(F)c2n1. The van der Waals surface area contributed by atoms with E-state index in [1.807, 2.05) is 34.1 Å². The van der Waals surface area contributed by atoms with E-state index in [1.54, 1.807) is 18.3 Å². The number of hydrogen-bond donors (Lipinski definition) is 1. The average molecular weight is 723 g/mol. The van der Waals surface area contributed by atoms with Gasteiger partial charge in [0.25, 0.3) is 0 Å². The zero-order valence-electron chi connectivity index (χ0n) is 30.2. The van der Waals surface area contributed by atoms with Gasteiger partial charge in [-0.3, -0.25) is 14.7 Å². The number of alkyl halides is 1. The minimum Gasteiger partial charge on any atom is -0.467 e. The van der Waals surface area contributed by atoms with E-state index >= 15 is 4.39 Å². The van der Waals surface area contributed by atoms with Crippen LogP contribution in [-0.2, 0) is 4.79 Å². The number of hydrogen-bond acceptors (Lipinski definition) is 9. The molecule has 13 heteroatoms. The summed E-state index contributed by atoms with van der Waals surface area (Å²) in [6.45, 7) is 11.7. The Morgan fingerprint density at radius 2 is 1.90 bits per heavy atom. The number of nitriles is 1. The first-order valence-corrected chi connectivity index (χ1v) is 18.3. The first kappa shape index (κ1) is 38.3. The van der Waals surface area contributed by atoms with Gasteiger partial charge in [0.1, 0.15) is 23.2 Å². The molecule has 0 spiro atoms. The molecule has 51 heavy (non-hydrogen) atoms. The Bertz CT molecular complexity index is 1740. The summed E-state index contributed by atoms with van der Waals surface area (Å²) in [4.78, 5) is 32.7. The zero-order chi connectivity index (χ0) is 36.7. The lowest BCUT2D eigenvalue weighted by molar-refractivity contribution is -0.126. The molecule has 274 valence electrons. The van der Waals surface area contributed by atoms with E-state index in [9.17, 15) is 9.18 Å². The van der Waals surface area contributed by atoms with Crippen LogP contribution in [0.15, 0.2) is 36.5 Å². The maximum absolute atomic E-state index is 16.1. The molecule has 10 nitrogen and oxygen atoms in total. The lowest BCUT2D eigenvalue weighted by atomic mass is 9.99. The van der Waals surface area contributed by atoms with Crippen LogP contribution in [0.2, 0.25) is 5.02 Å². The second-order valence-corrected chi connectivity index (χ2v) is 14.0. The monoisotopic (exact) mass is 722 g/mol. The standard InChI is InChI=1S/C30H34ClFN6O2.C6H12FN.C2H3N/c1-18(2)38-12-11-20(38)9-10-24(39)36-13-15-37(16-14-36)29-22-17-33-27(26(32)28(22)34-30(35-29)40-3)21-5-4-6-23(31)25(21)19-7-8-19;1-2-6-3-5(7)4-8-6;1-2-3/h4-6,9-10,17-20H,7-8,11-16H2,1-3H3;5-6,8H,2-4H2,1H3;1H3/b10-9+;;. The van der Waals surface area contributed by atoms with Gasteiger partial charge >= 0.3 is 6.01 Å². The summed E-state index contributed by atoms with van der Waals surface area (Å²) >= 11 is 6.52. The van der Waals surface area contributed by atoms with Crippen molar-refractivity contribution in [1.82, 2.24) is 30.1 Å². The van der Waals surface area contributed by atoms with Crippen molar-refractivity contribution in [2.45, 2.75) is 90.0 Å². The van der Waals surface area contributed by atoms with Gasteiger partial charge in [0.05, 0.1) is 18.6 Å². The maximum atomic E-state index is 16.1. The largest absolute Gasteiger partial charge is 0.467 e. The Kier molecular flexibility index (Phi) is 13.2. The third-order valence-corrected chi connectivity index (χ3v) is 10.2. The first-order chi connectivity index (χ1) is 24.6. The molecule has 7 rings (SSSR count). The van der Waals surface area contributed by atoms with Gasteiger partial charge in [0.2, 0.25) is 5.91 Å². The van der Waals surface area contributed by atoms with E-state index in [2.05, 4.69) is 45.9 Å². The van der Waals surface area contributed by atoms with E-state index < -0.39 is 12.0 Å². The summed E-state index contributed by atoms with van der Waals surface area (Å²) in [7, 11) is 1.47. The number of amides is 1. The molecule has 1 aliphatic carbocycles. The smallest absolute Gasteiger partial charge is 0.318 e. The minimum atomic E-state index is -0.583. The summed E-state index contributed by atoms with van der Waals surface area (Å²) in [6.07, 6.45) is 9.73. The number of ether oxygens (including phenoxy) is 1. The Morgan fingerprint density at radius 3 is 2.45 bits per heavy atom. The average Bonchev–Trinajstić information content (AvgIpc) is 3.86. The number of halogens is 3. The number of aromatic nitrogens is 3. The van der Waals surface area contributed by atoms with E-state index in [0.29, 0.717) is 78.6 Å². The van der Waals surface area contributed by atoms with Gasteiger partial charge in [-0.25, -0.2) is 8.78 Å². The van der Waals surface area contributed by atoms with Crippen molar-refractivity contribution in [1.29, 1.82) is 5.26 Å². The Balaban J connectivity index is 0.000000396. The summed E-state index contributed by atoms with van der Waals surface area (Å²) in [5, 5.41) is 11.5. The Hall–Kier alpha value is -3.92. The van der Waals surface area contributed by atoms with Gasteiger partial charge in [-0.05, 0) is 63.5 Å². The van der Waals surface area contributed by atoms with Gasteiger partial charge in [0.15, 0.2) is 5.82 Å². The number of pyridine rings is 1. The normalized spacial score (nSPS) is 21.8. The van der Waals surface area contributed by atoms with Crippen LogP contribution < -0.4 is 15.0 Å². The number of rotatable bonds is 8. The van der Waals surface area contributed by atoms with E-state index in [0.717, 1.165) is 44.2 Å². The van der Waals surface area contributed by atoms with Gasteiger partial charge in [0, 0.05) is 87.2 Å². The third kappa shape index (κ3) is 9.12. The number of methoxy groups -OCH3 is 1. The van der Waals surface area contributed by atoms with Crippen LogP contribution in [0, 0.1) is 17.1 Å². The number of carbonyl (C=O) groups excluding carboxylic acids is 1. The molecule has 4 fully saturated rings. The van der Waals surface area contributed by atoms with Gasteiger partial charge in [-0.15, -0.1) is 0 Å². The topological polar surface area (TPSA) is 111 Å². The molecule has 1 N–H and O–H groups in total. The van der Waals surface area contributed by atoms with Gasteiger partial charge in [-0.2, -0.15) is 15.2 Å². The fourth-order valence-corrected chi connectivity index (χ4v) is 7.19. The molecule has 3 aliphatic heterocycles. The van der Waals surface area contributed by atoms with Crippen LogP contribution >= 0.6 is 11.6 Å². The van der Waals surface area contributed by atoms with Gasteiger partial charge < -0.3 is 19.9 Å². The molecular weight excluding hydrogens is 674 g/mol. The number of anilines is 1. The maximum Gasteiger partial charge on any atom is 0.318 e. The van der Waals surface area contributed by atoms with Crippen molar-refractivity contribution >= 4 is 34.2 Å². The van der Waals surface area contributed by atoms with Crippen LogP contribution in [0.1, 0.15) is 71.3 Å². The number of piperazine rings is 1. The molecule has 0 radical (unpaired) electrons. The molecule has 2 aromatic heterocycles. The highest BCUT2D eigenvalue weighted by molar-refractivity contribution is 6.32. The van der Waals surface area contributed by atoms with Gasteiger partial charge in [-0.1, -0.05) is 36.7 Å². The minimum absolute atomic E-state index is 0.0192. The molecule has 1 aromatic carbocycles. The Morgan fingerprint density at radius 1 is 1.18 bits per heavy atom. The van der Waals surface area contributed by atoms with E-state index in [-0.39, 0.29) is 23.1 Å². The molecule has 5 heterocycles. The van der Waals surface area contributed by atoms with Crippen LogP contribution in [0.4, 0.5) is 14.6 Å².